The Balaban J connectivity index is 2.19. The molecular weight excluding hydrogens is 246 g/mol. The first-order chi connectivity index (χ1) is 9.60. The third-order valence-electron chi connectivity index (χ3n) is 4.32. The van der Waals surface area contributed by atoms with Gasteiger partial charge in [0.2, 0.25) is 0 Å². The Morgan fingerprint density at radius 1 is 1.25 bits per heavy atom. The Labute approximate surface area is 123 Å². The lowest BCUT2D eigenvalue weighted by molar-refractivity contribution is 0.305. The Morgan fingerprint density at radius 3 is 2.55 bits per heavy atom. The van der Waals surface area contributed by atoms with Gasteiger partial charge in [-0.25, -0.2) is 0 Å². The summed E-state index contributed by atoms with van der Waals surface area (Å²) >= 11 is 0. The van der Waals surface area contributed by atoms with Gasteiger partial charge in [0.05, 0.1) is 6.61 Å². The lowest BCUT2D eigenvalue weighted by atomic mass is 9.96. The fraction of sp³-hybridized carbons (Fsp3) is 0.667. The van der Waals surface area contributed by atoms with Crippen molar-refractivity contribution in [2.24, 2.45) is 11.3 Å². The topological polar surface area (TPSA) is 21.3 Å². The molecule has 0 spiro atoms. The highest BCUT2D eigenvalue weighted by molar-refractivity contribution is 5.37. The predicted molar refractivity (Wildman–Crippen MR) is 85.2 cm³/mol. The van der Waals surface area contributed by atoms with E-state index in [1.807, 2.05) is 0 Å². The van der Waals surface area contributed by atoms with Crippen LogP contribution in [0.3, 0.4) is 0 Å². The molecule has 1 fully saturated rings. The van der Waals surface area contributed by atoms with E-state index in [1.165, 1.54) is 18.4 Å². The second kappa shape index (κ2) is 6.62. The smallest absolute Gasteiger partial charge is 0.124 e. The molecule has 20 heavy (non-hydrogen) atoms. The van der Waals surface area contributed by atoms with Crippen LogP contribution >= 0.6 is 0 Å². The summed E-state index contributed by atoms with van der Waals surface area (Å²) in [7, 11) is 0. The van der Waals surface area contributed by atoms with Crippen molar-refractivity contribution in [1.82, 2.24) is 5.32 Å². The van der Waals surface area contributed by atoms with Gasteiger partial charge in [0, 0.05) is 11.6 Å². The number of hydrogen-bond acceptors (Lipinski definition) is 2. The summed E-state index contributed by atoms with van der Waals surface area (Å²) in [4.78, 5) is 0. The van der Waals surface area contributed by atoms with Gasteiger partial charge >= 0.3 is 0 Å². The van der Waals surface area contributed by atoms with Gasteiger partial charge in [-0.1, -0.05) is 45.9 Å². The van der Waals surface area contributed by atoms with E-state index in [2.05, 4.69) is 57.3 Å². The molecule has 2 nitrogen and oxygen atoms in total. The van der Waals surface area contributed by atoms with Gasteiger partial charge in [0.15, 0.2) is 0 Å². The highest BCUT2D eigenvalue weighted by Crippen LogP contribution is 2.58. The molecule has 112 valence electrons. The van der Waals surface area contributed by atoms with Crippen molar-refractivity contribution in [3.8, 4) is 5.75 Å². The molecule has 1 aromatic rings. The molecule has 2 rings (SSSR count). The zero-order valence-electron chi connectivity index (χ0n) is 13.4. The first-order valence-electron chi connectivity index (χ1n) is 8.05. The van der Waals surface area contributed by atoms with Crippen LogP contribution in [0.5, 0.6) is 5.75 Å². The molecule has 0 saturated heterocycles. The second-order valence-corrected chi connectivity index (χ2v) is 6.62. The maximum Gasteiger partial charge on any atom is 0.124 e. The minimum absolute atomic E-state index is 0.429. The SMILES string of the molecule is CCCNC(c1ccccc1OCCC)C1CC1(C)C. The van der Waals surface area contributed by atoms with Crippen LogP contribution in [0.1, 0.15) is 58.6 Å². The standard InChI is InChI=1S/C18H29NO/c1-5-11-19-17(15-13-18(15,3)4)14-9-7-8-10-16(14)20-12-6-2/h7-10,15,17,19H,5-6,11-13H2,1-4H3. The number of hydrogen-bond donors (Lipinski definition) is 1. The molecule has 0 aromatic heterocycles. The Hall–Kier alpha value is -1.02. The average Bonchev–Trinajstić information content (AvgIpc) is 3.06. The molecule has 2 unspecified atom stereocenters. The van der Waals surface area contributed by atoms with Crippen molar-refractivity contribution < 1.29 is 4.74 Å². The van der Waals surface area contributed by atoms with E-state index in [9.17, 15) is 0 Å². The number of para-hydroxylation sites is 1. The van der Waals surface area contributed by atoms with Crippen LogP contribution in [-0.4, -0.2) is 13.2 Å². The molecule has 1 aliphatic carbocycles. The number of rotatable bonds is 8. The minimum Gasteiger partial charge on any atom is -0.493 e. The van der Waals surface area contributed by atoms with E-state index in [1.54, 1.807) is 0 Å². The van der Waals surface area contributed by atoms with E-state index in [-0.39, 0.29) is 0 Å². The highest BCUT2D eigenvalue weighted by Gasteiger charge is 2.50. The van der Waals surface area contributed by atoms with Crippen LogP contribution in [0.2, 0.25) is 0 Å². The molecule has 0 radical (unpaired) electrons. The molecule has 2 heteroatoms. The van der Waals surface area contributed by atoms with Crippen molar-refractivity contribution in [2.75, 3.05) is 13.2 Å². The predicted octanol–water partition coefficient (Wildman–Crippen LogP) is 4.56. The number of nitrogens with one attached hydrogen (secondary N) is 1. The largest absolute Gasteiger partial charge is 0.493 e. The lowest BCUT2D eigenvalue weighted by Crippen LogP contribution is -2.26. The summed E-state index contributed by atoms with van der Waals surface area (Å²) in [5, 5.41) is 3.74. The zero-order chi connectivity index (χ0) is 14.6. The van der Waals surface area contributed by atoms with Crippen LogP contribution < -0.4 is 10.1 Å². The van der Waals surface area contributed by atoms with Gasteiger partial charge in [-0.15, -0.1) is 0 Å². The Kier molecular flexibility index (Phi) is 5.09. The summed E-state index contributed by atoms with van der Waals surface area (Å²) in [6.45, 7) is 11.0. The van der Waals surface area contributed by atoms with Crippen molar-refractivity contribution in [3.05, 3.63) is 29.8 Å². The van der Waals surface area contributed by atoms with Crippen molar-refractivity contribution in [3.63, 3.8) is 0 Å². The maximum absolute atomic E-state index is 5.95. The summed E-state index contributed by atoms with van der Waals surface area (Å²) in [5.41, 5.74) is 1.80. The van der Waals surface area contributed by atoms with E-state index in [0.717, 1.165) is 31.2 Å². The van der Waals surface area contributed by atoms with E-state index in [4.69, 9.17) is 4.74 Å². The monoisotopic (exact) mass is 275 g/mol. The molecule has 1 saturated carbocycles. The van der Waals surface area contributed by atoms with Crippen molar-refractivity contribution in [2.45, 2.75) is 53.0 Å². The second-order valence-electron chi connectivity index (χ2n) is 6.62. The lowest BCUT2D eigenvalue weighted by Gasteiger charge is -2.23. The Morgan fingerprint density at radius 2 is 1.95 bits per heavy atom. The van der Waals surface area contributed by atoms with Crippen LogP contribution in [0.4, 0.5) is 0 Å². The van der Waals surface area contributed by atoms with Gasteiger partial charge in [-0.3, -0.25) is 0 Å². The molecule has 1 aliphatic rings. The highest BCUT2D eigenvalue weighted by atomic mass is 16.5. The van der Waals surface area contributed by atoms with Gasteiger partial charge in [0.1, 0.15) is 5.75 Å². The molecular formula is C18H29NO. The Bertz CT molecular complexity index is 427. The van der Waals surface area contributed by atoms with E-state index < -0.39 is 0 Å². The molecule has 0 amide bonds. The van der Waals surface area contributed by atoms with Crippen LogP contribution in [0.25, 0.3) is 0 Å². The fourth-order valence-corrected chi connectivity index (χ4v) is 2.93. The zero-order valence-corrected chi connectivity index (χ0v) is 13.4. The molecule has 0 aliphatic heterocycles. The molecule has 1 N–H and O–H groups in total. The average molecular weight is 275 g/mol. The van der Waals surface area contributed by atoms with Gasteiger partial charge in [-0.05, 0) is 43.2 Å². The molecule has 0 bridgehead atoms. The summed E-state index contributed by atoms with van der Waals surface area (Å²) < 4.78 is 5.95. The maximum atomic E-state index is 5.95. The summed E-state index contributed by atoms with van der Waals surface area (Å²) in [6, 6.07) is 8.97. The first kappa shape index (κ1) is 15.4. The fourth-order valence-electron chi connectivity index (χ4n) is 2.93. The van der Waals surface area contributed by atoms with Gasteiger partial charge < -0.3 is 10.1 Å². The minimum atomic E-state index is 0.429. The quantitative estimate of drug-likeness (QED) is 0.751. The summed E-state index contributed by atoms with van der Waals surface area (Å²) in [6.07, 6.45) is 3.52. The normalized spacial score (nSPS) is 21.5. The molecule has 0 heterocycles. The van der Waals surface area contributed by atoms with Crippen LogP contribution in [0, 0.1) is 11.3 Å². The van der Waals surface area contributed by atoms with E-state index >= 15 is 0 Å². The third-order valence-corrected chi connectivity index (χ3v) is 4.32. The van der Waals surface area contributed by atoms with Crippen molar-refractivity contribution >= 4 is 0 Å². The molecule has 2 atom stereocenters. The van der Waals surface area contributed by atoms with Gasteiger partial charge in [0.25, 0.3) is 0 Å². The van der Waals surface area contributed by atoms with Crippen LogP contribution in [0.15, 0.2) is 24.3 Å². The number of benzene rings is 1. The number of ether oxygens (including phenoxy) is 1. The first-order valence-corrected chi connectivity index (χ1v) is 8.05. The van der Waals surface area contributed by atoms with Crippen molar-refractivity contribution in [1.29, 1.82) is 0 Å². The van der Waals surface area contributed by atoms with Gasteiger partial charge in [-0.2, -0.15) is 0 Å². The summed E-state index contributed by atoms with van der Waals surface area (Å²) in [5.74, 6) is 1.78. The van der Waals surface area contributed by atoms with Crippen LogP contribution in [-0.2, 0) is 0 Å². The molecule has 1 aromatic carbocycles. The van der Waals surface area contributed by atoms with E-state index in [0.29, 0.717) is 11.5 Å². The third kappa shape index (κ3) is 3.54.